The summed E-state index contributed by atoms with van der Waals surface area (Å²) in [4.78, 5) is 0. The van der Waals surface area contributed by atoms with Crippen LogP contribution in [-0.4, -0.2) is 0 Å². The van der Waals surface area contributed by atoms with Crippen molar-refractivity contribution in [3.8, 4) is 12.1 Å². The lowest BCUT2D eigenvalue weighted by Crippen LogP contribution is -1.88. The summed E-state index contributed by atoms with van der Waals surface area (Å²) in [6.45, 7) is 1.87. The average Bonchev–Trinajstić information content (AvgIpc) is 2.37. The van der Waals surface area contributed by atoms with E-state index in [0.717, 1.165) is 31.3 Å². The van der Waals surface area contributed by atoms with Crippen LogP contribution in [0.5, 0.6) is 0 Å². The predicted molar refractivity (Wildman–Crippen MR) is 67.9 cm³/mol. The molecule has 0 atom stereocenters. The smallest absolute Gasteiger partial charge is 0.128 e. The van der Waals surface area contributed by atoms with Gasteiger partial charge in [0.15, 0.2) is 0 Å². The first kappa shape index (κ1) is 13.0. The maximum Gasteiger partial charge on any atom is 0.128 e. The lowest BCUT2D eigenvalue weighted by Gasteiger charge is -2.02. The molecule has 1 aromatic carbocycles. The van der Waals surface area contributed by atoms with Crippen LogP contribution in [-0.2, 0) is 6.42 Å². The zero-order valence-electron chi connectivity index (χ0n) is 10.1. The Morgan fingerprint density at radius 3 is 2.29 bits per heavy atom. The molecule has 0 heterocycles. The number of rotatable bonds is 5. The van der Waals surface area contributed by atoms with Crippen molar-refractivity contribution in [2.75, 3.05) is 0 Å². The van der Waals surface area contributed by atoms with Crippen molar-refractivity contribution >= 4 is 0 Å². The third-order valence-electron chi connectivity index (χ3n) is 2.76. The molecule has 0 N–H and O–H groups in total. The molecule has 2 heteroatoms. The van der Waals surface area contributed by atoms with Gasteiger partial charge in [-0.1, -0.05) is 30.3 Å². The number of benzene rings is 1. The number of nitriles is 2. The summed E-state index contributed by atoms with van der Waals surface area (Å²) >= 11 is 0. The van der Waals surface area contributed by atoms with E-state index >= 15 is 0 Å². The highest BCUT2D eigenvalue weighted by Gasteiger charge is 2.00. The summed E-state index contributed by atoms with van der Waals surface area (Å²) in [5.41, 5.74) is 2.52. The van der Waals surface area contributed by atoms with Gasteiger partial charge in [-0.05, 0) is 43.7 Å². The number of unbranched alkanes of at least 4 members (excludes halogenated alkanes) is 1. The van der Waals surface area contributed by atoms with Crippen LogP contribution in [0, 0.1) is 22.7 Å². The van der Waals surface area contributed by atoms with E-state index in [2.05, 4.69) is 12.1 Å². The molecule has 0 aliphatic rings. The molecule has 0 saturated heterocycles. The molecule has 0 saturated carbocycles. The summed E-state index contributed by atoms with van der Waals surface area (Å²) < 4.78 is 0. The predicted octanol–water partition coefficient (Wildman–Crippen LogP) is 3.76. The van der Waals surface area contributed by atoms with Gasteiger partial charge in [0, 0.05) is 0 Å². The molecule has 1 rings (SSSR count). The molecule has 2 nitrogen and oxygen atoms in total. The first-order valence-electron chi connectivity index (χ1n) is 5.82. The van der Waals surface area contributed by atoms with Crippen molar-refractivity contribution in [3.05, 3.63) is 47.0 Å². The minimum atomic E-state index is 0.268. The summed E-state index contributed by atoms with van der Waals surface area (Å²) in [5.74, 6) is 0. The van der Waals surface area contributed by atoms with Gasteiger partial charge in [0.05, 0.1) is 0 Å². The molecule has 0 amide bonds. The Bertz CT molecular complexity index is 442. The molecule has 86 valence electrons. The summed E-state index contributed by atoms with van der Waals surface area (Å²) in [6, 6.07) is 14.2. The van der Waals surface area contributed by atoms with Crippen LogP contribution in [0.3, 0.4) is 0 Å². The maximum atomic E-state index is 8.70. The van der Waals surface area contributed by atoms with Crippen molar-refractivity contribution < 1.29 is 0 Å². The minimum Gasteiger partial charge on any atom is -0.192 e. The van der Waals surface area contributed by atoms with Crippen molar-refractivity contribution in [2.45, 2.75) is 32.6 Å². The Labute approximate surface area is 103 Å². The number of nitrogens with zero attached hydrogens (tertiary/aromatic N) is 2. The second-order valence-electron chi connectivity index (χ2n) is 4.07. The first-order valence-corrected chi connectivity index (χ1v) is 5.82. The first-order chi connectivity index (χ1) is 8.27. The normalized spacial score (nSPS) is 9.12. The largest absolute Gasteiger partial charge is 0.192 e. The molecule has 0 aliphatic carbocycles. The van der Waals surface area contributed by atoms with Gasteiger partial charge in [0.25, 0.3) is 0 Å². The van der Waals surface area contributed by atoms with Crippen LogP contribution in [0.25, 0.3) is 0 Å². The molecule has 0 radical (unpaired) electrons. The Balaban J connectivity index is 2.33. The Morgan fingerprint density at radius 1 is 1.06 bits per heavy atom. The highest BCUT2D eigenvalue weighted by molar-refractivity contribution is 5.39. The van der Waals surface area contributed by atoms with Gasteiger partial charge in [-0.2, -0.15) is 10.5 Å². The Hall–Kier alpha value is -2.06. The molecule has 0 aliphatic heterocycles. The van der Waals surface area contributed by atoms with E-state index in [0.29, 0.717) is 0 Å². The second-order valence-corrected chi connectivity index (χ2v) is 4.07. The molecule has 1 aromatic rings. The third-order valence-corrected chi connectivity index (χ3v) is 2.76. The van der Waals surface area contributed by atoms with Crippen LogP contribution in [0.4, 0.5) is 0 Å². The van der Waals surface area contributed by atoms with E-state index in [-0.39, 0.29) is 5.57 Å². The van der Waals surface area contributed by atoms with E-state index < -0.39 is 0 Å². The van der Waals surface area contributed by atoms with E-state index in [1.807, 2.05) is 37.3 Å². The van der Waals surface area contributed by atoms with Gasteiger partial charge in [-0.15, -0.1) is 0 Å². The Morgan fingerprint density at radius 2 is 1.71 bits per heavy atom. The van der Waals surface area contributed by atoms with Gasteiger partial charge in [-0.3, -0.25) is 0 Å². The van der Waals surface area contributed by atoms with Crippen molar-refractivity contribution in [2.24, 2.45) is 0 Å². The zero-order valence-corrected chi connectivity index (χ0v) is 10.1. The van der Waals surface area contributed by atoms with Gasteiger partial charge in [0.2, 0.25) is 0 Å². The molecule has 0 bridgehead atoms. The zero-order chi connectivity index (χ0) is 12.5. The molecular weight excluding hydrogens is 208 g/mol. The fourth-order valence-electron chi connectivity index (χ4n) is 1.70. The van der Waals surface area contributed by atoms with Crippen molar-refractivity contribution in [3.63, 3.8) is 0 Å². The second kappa shape index (κ2) is 7.25. The lowest BCUT2D eigenvalue weighted by molar-refractivity contribution is 0.728. The Kier molecular flexibility index (Phi) is 5.55. The summed E-state index contributed by atoms with van der Waals surface area (Å²) in [6.07, 6.45) is 4.00. The number of hydrogen-bond donors (Lipinski definition) is 0. The van der Waals surface area contributed by atoms with Gasteiger partial charge >= 0.3 is 0 Å². The van der Waals surface area contributed by atoms with E-state index in [1.165, 1.54) is 5.56 Å². The highest BCUT2D eigenvalue weighted by atomic mass is 14.3. The quantitative estimate of drug-likeness (QED) is 0.564. The summed E-state index contributed by atoms with van der Waals surface area (Å²) in [7, 11) is 0. The number of hydrogen-bond acceptors (Lipinski definition) is 2. The molecule has 0 fully saturated rings. The minimum absolute atomic E-state index is 0.268. The lowest BCUT2D eigenvalue weighted by atomic mass is 10.0. The molecule has 0 spiro atoms. The van der Waals surface area contributed by atoms with E-state index in [4.69, 9.17) is 10.5 Å². The average molecular weight is 224 g/mol. The third kappa shape index (κ3) is 4.53. The SMILES string of the molecule is CC(CCCCc1ccccc1)=C(C#N)C#N. The van der Waals surface area contributed by atoms with E-state index in [9.17, 15) is 0 Å². The fraction of sp³-hybridized carbons (Fsp3) is 0.333. The van der Waals surface area contributed by atoms with E-state index in [1.54, 1.807) is 0 Å². The molecule has 0 unspecified atom stereocenters. The topological polar surface area (TPSA) is 47.6 Å². The molecule has 17 heavy (non-hydrogen) atoms. The fourth-order valence-corrected chi connectivity index (χ4v) is 1.70. The van der Waals surface area contributed by atoms with Crippen LogP contribution >= 0.6 is 0 Å². The van der Waals surface area contributed by atoms with Crippen LogP contribution in [0.1, 0.15) is 31.7 Å². The standard InChI is InChI=1S/C15H16N2/c1-13(15(11-16)12-17)7-5-6-10-14-8-3-2-4-9-14/h2-4,8-9H,5-7,10H2,1H3. The highest BCUT2D eigenvalue weighted by Crippen LogP contribution is 2.13. The van der Waals surface area contributed by atoms with Crippen molar-refractivity contribution in [1.82, 2.24) is 0 Å². The number of allylic oxidation sites excluding steroid dienone is 2. The van der Waals surface area contributed by atoms with Crippen LogP contribution in [0.15, 0.2) is 41.5 Å². The van der Waals surface area contributed by atoms with Gasteiger partial charge in [-0.25, -0.2) is 0 Å². The molecular formula is C15H16N2. The summed E-state index contributed by atoms with van der Waals surface area (Å²) in [5, 5.41) is 17.4. The van der Waals surface area contributed by atoms with Gasteiger partial charge < -0.3 is 0 Å². The van der Waals surface area contributed by atoms with Crippen LogP contribution in [0.2, 0.25) is 0 Å². The van der Waals surface area contributed by atoms with Gasteiger partial charge in [0.1, 0.15) is 17.7 Å². The monoisotopic (exact) mass is 224 g/mol. The maximum absolute atomic E-state index is 8.70. The van der Waals surface area contributed by atoms with Crippen molar-refractivity contribution in [1.29, 1.82) is 10.5 Å². The number of aryl methyl sites for hydroxylation is 1. The molecule has 0 aromatic heterocycles. The van der Waals surface area contributed by atoms with Crippen LogP contribution < -0.4 is 0 Å².